The van der Waals surface area contributed by atoms with Crippen molar-refractivity contribution in [2.75, 3.05) is 19.8 Å². The van der Waals surface area contributed by atoms with Gasteiger partial charge in [0.05, 0.1) is 18.1 Å². The van der Waals surface area contributed by atoms with Crippen LogP contribution < -0.4 is 0 Å². The molecular weight excluding hydrogens is 316 g/mol. The Morgan fingerprint density at radius 3 is 2.48 bits per heavy atom. The van der Waals surface area contributed by atoms with Crippen LogP contribution in [-0.4, -0.2) is 43.5 Å². The molecular formula is C16H20N2O4S. The van der Waals surface area contributed by atoms with Gasteiger partial charge in [-0.1, -0.05) is 12.1 Å². The summed E-state index contributed by atoms with van der Waals surface area (Å²) in [5.41, 5.74) is 1.58. The number of hydrogen-bond donors (Lipinski definition) is 0. The molecule has 6 nitrogen and oxygen atoms in total. The Kier molecular flexibility index (Phi) is 4.27. The van der Waals surface area contributed by atoms with Crippen LogP contribution in [0.3, 0.4) is 0 Å². The van der Waals surface area contributed by atoms with Crippen LogP contribution in [-0.2, 0) is 14.8 Å². The van der Waals surface area contributed by atoms with E-state index < -0.39 is 10.0 Å². The highest BCUT2D eigenvalue weighted by atomic mass is 32.2. The number of morpholine rings is 1. The Bertz CT molecular complexity index is 796. The van der Waals surface area contributed by atoms with E-state index >= 15 is 0 Å². The van der Waals surface area contributed by atoms with E-state index in [1.807, 2.05) is 13.8 Å². The van der Waals surface area contributed by atoms with Gasteiger partial charge < -0.3 is 9.15 Å². The third-order valence-electron chi connectivity index (χ3n) is 3.94. The molecule has 0 aliphatic carbocycles. The van der Waals surface area contributed by atoms with Crippen LogP contribution in [0.5, 0.6) is 0 Å². The third kappa shape index (κ3) is 3.04. The van der Waals surface area contributed by atoms with Gasteiger partial charge in [-0.25, -0.2) is 13.4 Å². The summed E-state index contributed by atoms with van der Waals surface area (Å²) in [6, 6.07) is 6.62. The van der Waals surface area contributed by atoms with Gasteiger partial charge in [-0.15, -0.1) is 0 Å². The molecule has 1 atom stereocenters. The molecule has 0 saturated carbocycles. The predicted molar refractivity (Wildman–Crippen MR) is 85.6 cm³/mol. The van der Waals surface area contributed by atoms with Crippen molar-refractivity contribution in [2.24, 2.45) is 0 Å². The summed E-state index contributed by atoms with van der Waals surface area (Å²) in [7, 11) is -3.51. The number of ether oxygens (including phenoxy) is 1. The highest BCUT2D eigenvalue weighted by Gasteiger charge is 2.31. The molecule has 0 N–H and O–H groups in total. The number of nitrogens with zero attached hydrogens (tertiary/aromatic N) is 2. The summed E-state index contributed by atoms with van der Waals surface area (Å²) in [5, 5.41) is 0. The van der Waals surface area contributed by atoms with Crippen LogP contribution in [0.15, 0.2) is 33.6 Å². The van der Waals surface area contributed by atoms with Crippen LogP contribution in [0.4, 0.5) is 0 Å². The number of rotatable bonds is 3. The van der Waals surface area contributed by atoms with Crippen molar-refractivity contribution in [1.29, 1.82) is 0 Å². The highest BCUT2D eigenvalue weighted by molar-refractivity contribution is 7.89. The van der Waals surface area contributed by atoms with Gasteiger partial charge >= 0.3 is 0 Å². The molecule has 0 radical (unpaired) electrons. The quantitative estimate of drug-likeness (QED) is 0.860. The minimum absolute atomic E-state index is 0.158. The van der Waals surface area contributed by atoms with E-state index in [1.165, 1.54) is 4.31 Å². The Morgan fingerprint density at radius 1 is 1.22 bits per heavy atom. The smallest absolute Gasteiger partial charge is 0.243 e. The van der Waals surface area contributed by atoms with Crippen molar-refractivity contribution in [3.63, 3.8) is 0 Å². The number of benzene rings is 1. The molecule has 1 aromatic heterocycles. The molecule has 1 saturated heterocycles. The van der Waals surface area contributed by atoms with Gasteiger partial charge in [0.1, 0.15) is 11.5 Å². The lowest BCUT2D eigenvalue weighted by atomic mass is 10.1. The van der Waals surface area contributed by atoms with Crippen LogP contribution in [0.25, 0.3) is 11.3 Å². The largest absolute Gasteiger partial charge is 0.446 e. The Balaban J connectivity index is 1.91. The van der Waals surface area contributed by atoms with E-state index in [-0.39, 0.29) is 10.9 Å². The first-order valence-corrected chi connectivity index (χ1v) is 8.97. The first-order chi connectivity index (χ1) is 10.9. The SMILES string of the molecule is Cc1nc(-c2ccc(S(=O)(=O)N3CCOCC3C)cc2)c(C)o1. The van der Waals surface area contributed by atoms with E-state index in [0.29, 0.717) is 25.6 Å². The Labute approximate surface area is 136 Å². The van der Waals surface area contributed by atoms with E-state index in [2.05, 4.69) is 4.98 Å². The predicted octanol–water partition coefficient (Wildman–Crippen LogP) is 2.37. The van der Waals surface area contributed by atoms with Crippen molar-refractivity contribution in [2.45, 2.75) is 31.7 Å². The minimum atomic E-state index is -3.51. The van der Waals surface area contributed by atoms with Crippen molar-refractivity contribution >= 4 is 10.0 Å². The molecule has 23 heavy (non-hydrogen) atoms. The van der Waals surface area contributed by atoms with Crippen molar-refractivity contribution < 1.29 is 17.6 Å². The molecule has 0 amide bonds. The van der Waals surface area contributed by atoms with Gasteiger partial charge in [0, 0.05) is 25.1 Å². The number of sulfonamides is 1. The number of aryl methyl sites for hydroxylation is 2. The summed E-state index contributed by atoms with van der Waals surface area (Å²) in [6.07, 6.45) is 0. The minimum Gasteiger partial charge on any atom is -0.446 e. The van der Waals surface area contributed by atoms with Crippen molar-refractivity contribution in [1.82, 2.24) is 9.29 Å². The molecule has 3 rings (SSSR count). The van der Waals surface area contributed by atoms with E-state index in [4.69, 9.17) is 9.15 Å². The molecule has 124 valence electrons. The summed E-state index contributed by atoms with van der Waals surface area (Å²) >= 11 is 0. The van der Waals surface area contributed by atoms with E-state index in [9.17, 15) is 8.42 Å². The maximum atomic E-state index is 12.8. The Morgan fingerprint density at radius 2 is 1.91 bits per heavy atom. The average Bonchev–Trinajstić information content (AvgIpc) is 2.86. The van der Waals surface area contributed by atoms with Gasteiger partial charge in [0.15, 0.2) is 5.89 Å². The second-order valence-corrected chi connectivity index (χ2v) is 7.59. The molecule has 1 fully saturated rings. The molecule has 1 aromatic carbocycles. The highest BCUT2D eigenvalue weighted by Crippen LogP contribution is 2.26. The lowest BCUT2D eigenvalue weighted by Crippen LogP contribution is -2.46. The zero-order valence-corrected chi connectivity index (χ0v) is 14.3. The normalized spacial score (nSPS) is 19.9. The average molecular weight is 336 g/mol. The topological polar surface area (TPSA) is 72.6 Å². The molecule has 1 unspecified atom stereocenters. The van der Waals surface area contributed by atoms with Crippen molar-refractivity contribution in [3.05, 3.63) is 35.9 Å². The lowest BCUT2D eigenvalue weighted by Gasteiger charge is -2.32. The standard InChI is InChI=1S/C16H20N2O4S/c1-11-10-21-9-8-18(11)23(19,20)15-6-4-14(5-7-15)16-12(2)22-13(3)17-16/h4-7,11H,8-10H2,1-3H3. The second-order valence-electron chi connectivity index (χ2n) is 5.70. The van der Waals surface area contributed by atoms with Crippen LogP contribution in [0.2, 0.25) is 0 Å². The zero-order chi connectivity index (χ0) is 16.6. The van der Waals surface area contributed by atoms with Crippen LogP contribution in [0, 0.1) is 13.8 Å². The number of aromatic nitrogens is 1. The van der Waals surface area contributed by atoms with Crippen LogP contribution >= 0.6 is 0 Å². The molecule has 7 heteroatoms. The maximum Gasteiger partial charge on any atom is 0.243 e. The molecule has 1 aliphatic heterocycles. The molecule has 2 heterocycles. The second kappa shape index (κ2) is 6.07. The maximum absolute atomic E-state index is 12.8. The Hall–Kier alpha value is -1.70. The fourth-order valence-corrected chi connectivity index (χ4v) is 4.39. The third-order valence-corrected chi connectivity index (χ3v) is 5.97. The summed E-state index contributed by atoms with van der Waals surface area (Å²) in [6.45, 7) is 6.72. The van der Waals surface area contributed by atoms with Crippen LogP contribution in [0.1, 0.15) is 18.6 Å². The molecule has 0 spiro atoms. The lowest BCUT2D eigenvalue weighted by molar-refractivity contribution is 0.0393. The van der Waals surface area contributed by atoms with Gasteiger partial charge in [-0.2, -0.15) is 4.31 Å². The van der Waals surface area contributed by atoms with Gasteiger partial charge in [0.25, 0.3) is 0 Å². The number of oxazole rings is 1. The molecule has 0 bridgehead atoms. The van der Waals surface area contributed by atoms with E-state index in [1.54, 1.807) is 31.2 Å². The summed E-state index contributed by atoms with van der Waals surface area (Å²) in [4.78, 5) is 4.62. The fraction of sp³-hybridized carbons (Fsp3) is 0.438. The summed E-state index contributed by atoms with van der Waals surface area (Å²) < 4.78 is 37.7. The van der Waals surface area contributed by atoms with Gasteiger partial charge in [-0.05, 0) is 26.0 Å². The first kappa shape index (κ1) is 16.2. The first-order valence-electron chi connectivity index (χ1n) is 7.53. The van der Waals surface area contributed by atoms with Gasteiger partial charge in [0.2, 0.25) is 10.0 Å². The van der Waals surface area contributed by atoms with E-state index in [0.717, 1.165) is 17.0 Å². The van der Waals surface area contributed by atoms with Gasteiger partial charge in [-0.3, -0.25) is 0 Å². The zero-order valence-electron chi connectivity index (χ0n) is 13.4. The monoisotopic (exact) mass is 336 g/mol. The van der Waals surface area contributed by atoms with Crippen molar-refractivity contribution in [3.8, 4) is 11.3 Å². The number of hydrogen-bond acceptors (Lipinski definition) is 5. The molecule has 1 aliphatic rings. The fourth-order valence-electron chi connectivity index (χ4n) is 2.79. The molecule has 2 aromatic rings. The summed E-state index contributed by atoms with van der Waals surface area (Å²) in [5.74, 6) is 1.32.